The van der Waals surface area contributed by atoms with Crippen molar-refractivity contribution in [1.29, 1.82) is 0 Å². The molecule has 0 unspecified atom stereocenters. The largest absolute Gasteiger partial charge is 0.458 e. The lowest BCUT2D eigenvalue weighted by atomic mass is 9.75. The van der Waals surface area contributed by atoms with Crippen LogP contribution < -0.4 is 0 Å². The normalized spacial score (nSPS) is 36.3. The third-order valence-corrected chi connectivity index (χ3v) is 5.33. The SMILES string of the molecule is CC(C)[C@@H]1CC[C@H](C)C[C@H]1OCC(=O)O[C@@H]1CCCC[C@@H]1O. The molecule has 4 heteroatoms. The van der Waals surface area contributed by atoms with Crippen molar-refractivity contribution in [3.63, 3.8) is 0 Å². The van der Waals surface area contributed by atoms with E-state index in [-0.39, 0.29) is 24.8 Å². The van der Waals surface area contributed by atoms with Crippen molar-refractivity contribution in [2.75, 3.05) is 6.61 Å². The average Bonchev–Trinajstić information content (AvgIpc) is 2.47. The number of rotatable bonds is 5. The molecule has 128 valence electrons. The highest BCUT2D eigenvalue weighted by molar-refractivity contribution is 5.71. The van der Waals surface area contributed by atoms with Gasteiger partial charge in [-0.2, -0.15) is 0 Å². The van der Waals surface area contributed by atoms with Gasteiger partial charge in [0.15, 0.2) is 0 Å². The summed E-state index contributed by atoms with van der Waals surface area (Å²) in [6, 6.07) is 0. The topological polar surface area (TPSA) is 55.8 Å². The van der Waals surface area contributed by atoms with Gasteiger partial charge in [-0.3, -0.25) is 0 Å². The molecule has 0 amide bonds. The van der Waals surface area contributed by atoms with Crippen molar-refractivity contribution in [3.8, 4) is 0 Å². The van der Waals surface area contributed by atoms with Crippen molar-refractivity contribution >= 4 is 5.97 Å². The zero-order valence-corrected chi connectivity index (χ0v) is 14.3. The molecule has 4 nitrogen and oxygen atoms in total. The minimum Gasteiger partial charge on any atom is -0.458 e. The molecule has 2 fully saturated rings. The third-order valence-electron chi connectivity index (χ3n) is 5.33. The molecule has 0 bridgehead atoms. The van der Waals surface area contributed by atoms with Crippen molar-refractivity contribution in [2.24, 2.45) is 17.8 Å². The molecule has 1 N–H and O–H groups in total. The Kier molecular flexibility index (Phi) is 6.69. The summed E-state index contributed by atoms with van der Waals surface area (Å²) in [6.07, 6.45) is 6.31. The van der Waals surface area contributed by atoms with Crippen molar-refractivity contribution in [2.45, 2.75) is 84.0 Å². The van der Waals surface area contributed by atoms with E-state index < -0.39 is 6.10 Å². The summed E-state index contributed by atoms with van der Waals surface area (Å²) in [6.45, 7) is 6.73. The van der Waals surface area contributed by atoms with E-state index in [1.54, 1.807) is 0 Å². The lowest BCUT2D eigenvalue weighted by molar-refractivity contribution is -0.167. The van der Waals surface area contributed by atoms with Crippen LogP contribution in [0.2, 0.25) is 0 Å². The van der Waals surface area contributed by atoms with E-state index >= 15 is 0 Å². The van der Waals surface area contributed by atoms with Crippen molar-refractivity contribution < 1.29 is 19.4 Å². The Morgan fingerprint density at radius 2 is 1.86 bits per heavy atom. The lowest BCUT2D eigenvalue weighted by Crippen LogP contribution is -2.38. The molecule has 2 aliphatic carbocycles. The number of esters is 1. The second-order valence-electron chi connectivity index (χ2n) is 7.56. The van der Waals surface area contributed by atoms with E-state index in [0.29, 0.717) is 17.8 Å². The Hall–Kier alpha value is -0.610. The van der Waals surface area contributed by atoms with Gasteiger partial charge in [0.05, 0.1) is 12.2 Å². The molecule has 5 atom stereocenters. The average molecular weight is 312 g/mol. The van der Waals surface area contributed by atoms with Gasteiger partial charge in [-0.1, -0.05) is 33.6 Å². The smallest absolute Gasteiger partial charge is 0.332 e. The Labute approximate surface area is 134 Å². The van der Waals surface area contributed by atoms with Gasteiger partial charge in [-0.25, -0.2) is 4.79 Å². The summed E-state index contributed by atoms with van der Waals surface area (Å²) in [5.74, 6) is 1.45. The highest BCUT2D eigenvalue weighted by Gasteiger charge is 2.32. The molecule has 0 aromatic carbocycles. The Morgan fingerprint density at radius 3 is 2.55 bits per heavy atom. The number of hydrogen-bond donors (Lipinski definition) is 1. The minimum absolute atomic E-state index is 0.0177. The monoisotopic (exact) mass is 312 g/mol. The van der Waals surface area contributed by atoms with E-state index in [9.17, 15) is 9.90 Å². The van der Waals surface area contributed by atoms with Gasteiger partial charge in [0.1, 0.15) is 12.7 Å². The molecule has 0 aliphatic heterocycles. The predicted octanol–water partition coefficient (Wildman–Crippen LogP) is 3.31. The first-order valence-electron chi connectivity index (χ1n) is 8.96. The Morgan fingerprint density at radius 1 is 1.14 bits per heavy atom. The van der Waals surface area contributed by atoms with Crippen LogP contribution in [0.25, 0.3) is 0 Å². The van der Waals surface area contributed by atoms with E-state index in [1.807, 2.05) is 0 Å². The highest BCUT2D eigenvalue weighted by Crippen LogP contribution is 2.35. The van der Waals surface area contributed by atoms with Gasteiger partial charge >= 0.3 is 5.97 Å². The van der Waals surface area contributed by atoms with E-state index in [2.05, 4.69) is 20.8 Å². The van der Waals surface area contributed by atoms with Crippen LogP contribution in [0.1, 0.15) is 65.7 Å². The van der Waals surface area contributed by atoms with Crippen LogP contribution in [0, 0.1) is 17.8 Å². The summed E-state index contributed by atoms with van der Waals surface area (Å²) in [5.41, 5.74) is 0. The number of hydrogen-bond acceptors (Lipinski definition) is 4. The number of aliphatic hydroxyl groups is 1. The number of ether oxygens (including phenoxy) is 2. The van der Waals surface area contributed by atoms with Gasteiger partial charge in [0.25, 0.3) is 0 Å². The van der Waals surface area contributed by atoms with E-state index in [1.165, 1.54) is 12.8 Å². The molecular weight excluding hydrogens is 280 g/mol. The first kappa shape index (κ1) is 17.7. The fourth-order valence-corrected chi connectivity index (χ4v) is 3.90. The minimum atomic E-state index is -0.504. The number of carbonyl (C=O) groups is 1. The van der Waals surface area contributed by atoms with Gasteiger partial charge in [0.2, 0.25) is 0 Å². The quantitative estimate of drug-likeness (QED) is 0.791. The first-order chi connectivity index (χ1) is 10.5. The summed E-state index contributed by atoms with van der Waals surface area (Å²) < 4.78 is 11.3. The summed E-state index contributed by atoms with van der Waals surface area (Å²) in [4.78, 5) is 12.0. The predicted molar refractivity (Wildman–Crippen MR) is 85.4 cm³/mol. The van der Waals surface area contributed by atoms with Crippen LogP contribution in [-0.2, 0) is 14.3 Å². The maximum atomic E-state index is 12.0. The van der Waals surface area contributed by atoms with Gasteiger partial charge in [-0.15, -0.1) is 0 Å². The fourth-order valence-electron chi connectivity index (χ4n) is 3.90. The molecule has 0 saturated heterocycles. The fraction of sp³-hybridized carbons (Fsp3) is 0.944. The maximum Gasteiger partial charge on any atom is 0.332 e. The zero-order chi connectivity index (χ0) is 16.1. The standard InChI is InChI=1S/C18H32O4/c1-12(2)14-9-8-13(3)10-17(14)21-11-18(20)22-16-7-5-4-6-15(16)19/h12-17,19H,4-11H2,1-3H3/t13-,14-,15-,16+,17+/m0/s1. The third kappa shape index (κ3) is 4.95. The van der Waals surface area contributed by atoms with Crippen molar-refractivity contribution in [3.05, 3.63) is 0 Å². The second-order valence-corrected chi connectivity index (χ2v) is 7.56. The van der Waals surface area contributed by atoms with Crippen molar-refractivity contribution in [1.82, 2.24) is 0 Å². The molecule has 2 saturated carbocycles. The first-order valence-corrected chi connectivity index (χ1v) is 8.96. The molecule has 2 aliphatic rings. The molecule has 0 aromatic rings. The van der Waals surface area contributed by atoms with Crippen LogP contribution in [0.4, 0.5) is 0 Å². The maximum absolute atomic E-state index is 12.0. The van der Waals surface area contributed by atoms with Gasteiger partial charge in [0, 0.05) is 0 Å². The lowest BCUT2D eigenvalue weighted by Gasteiger charge is -2.37. The Bertz CT molecular complexity index is 355. The van der Waals surface area contributed by atoms with Crippen LogP contribution >= 0.6 is 0 Å². The zero-order valence-electron chi connectivity index (χ0n) is 14.3. The number of aliphatic hydroxyl groups excluding tert-OH is 1. The second kappa shape index (κ2) is 8.30. The van der Waals surface area contributed by atoms with Crippen LogP contribution in [0.3, 0.4) is 0 Å². The van der Waals surface area contributed by atoms with E-state index in [0.717, 1.165) is 32.1 Å². The molecule has 0 radical (unpaired) electrons. The van der Waals surface area contributed by atoms with Crippen LogP contribution in [0.15, 0.2) is 0 Å². The van der Waals surface area contributed by atoms with Gasteiger partial charge in [-0.05, 0) is 49.9 Å². The summed E-state index contributed by atoms with van der Waals surface area (Å²) >= 11 is 0. The molecule has 22 heavy (non-hydrogen) atoms. The molecule has 2 rings (SSSR count). The summed E-state index contributed by atoms with van der Waals surface area (Å²) in [5, 5.41) is 9.87. The Balaban J connectivity index is 1.78. The molecule has 0 aromatic heterocycles. The summed E-state index contributed by atoms with van der Waals surface area (Å²) in [7, 11) is 0. The van der Waals surface area contributed by atoms with Gasteiger partial charge < -0.3 is 14.6 Å². The highest BCUT2D eigenvalue weighted by atomic mass is 16.6. The van der Waals surface area contributed by atoms with Crippen LogP contribution in [-0.4, -0.2) is 36.0 Å². The van der Waals surface area contributed by atoms with E-state index in [4.69, 9.17) is 9.47 Å². The molecule has 0 heterocycles. The molecular formula is C18H32O4. The molecule has 0 spiro atoms. The van der Waals surface area contributed by atoms with Crippen LogP contribution in [0.5, 0.6) is 0 Å². The number of carbonyl (C=O) groups excluding carboxylic acids is 1.